The third-order valence-electron chi connectivity index (χ3n) is 12.1. The number of rotatable bonds is 6. The summed E-state index contributed by atoms with van der Waals surface area (Å²) in [5.74, 6) is 0. The van der Waals surface area contributed by atoms with Crippen LogP contribution in [0.3, 0.4) is 0 Å². The van der Waals surface area contributed by atoms with Crippen molar-refractivity contribution in [1.82, 2.24) is 14.1 Å². The summed E-state index contributed by atoms with van der Waals surface area (Å²) < 4.78 is 4.98. The van der Waals surface area contributed by atoms with Gasteiger partial charge >= 0.3 is 0 Å². The zero-order chi connectivity index (χ0) is 39.6. The smallest absolute Gasteiger partial charge is 0.0721 e. The van der Waals surface area contributed by atoms with Crippen molar-refractivity contribution in [2.75, 3.05) is 0 Å². The normalized spacial score (nSPS) is 11.7. The Morgan fingerprint density at radius 2 is 0.833 bits per heavy atom. The average Bonchev–Trinajstić information content (AvgIpc) is 3.84. The van der Waals surface area contributed by atoms with Gasteiger partial charge in [-0.1, -0.05) is 182 Å². The number of pyridine rings is 1. The number of hydrogen-bond acceptors (Lipinski definition) is 1. The summed E-state index contributed by atoms with van der Waals surface area (Å²) in [7, 11) is 0. The van der Waals surface area contributed by atoms with E-state index in [0.717, 1.165) is 45.0 Å². The van der Waals surface area contributed by atoms with E-state index in [2.05, 4.69) is 234 Å². The van der Waals surface area contributed by atoms with Crippen molar-refractivity contribution in [2.45, 2.75) is 0 Å². The highest BCUT2D eigenvalue weighted by atomic mass is 15.0. The molecule has 12 aromatic rings. The standard InChI is InChI=1S/C57H37N3/c1-3-18-39(19-4-1)43-25-9-13-30-51(43)59-54-33-16-12-28-48(54)56-55(59)35-34-47-46-27-11-15-32-53(46)60(57(47)56)52-31-14-10-26-44(52)41-36-49(40-21-5-2-6-22-40)58-50(37-41)45-29-17-23-38-20-7-8-24-42(38)45/h1-37H. The quantitative estimate of drug-likeness (QED) is 0.165. The number of benzene rings is 9. The van der Waals surface area contributed by atoms with E-state index in [-0.39, 0.29) is 0 Å². The number of aromatic nitrogens is 3. The summed E-state index contributed by atoms with van der Waals surface area (Å²) in [5.41, 5.74) is 15.7. The largest absolute Gasteiger partial charge is 0.309 e. The second-order valence-electron chi connectivity index (χ2n) is 15.5. The molecule has 0 spiro atoms. The van der Waals surface area contributed by atoms with Crippen LogP contribution >= 0.6 is 0 Å². The van der Waals surface area contributed by atoms with Crippen LogP contribution in [0, 0.1) is 0 Å². The van der Waals surface area contributed by atoms with Gasteiger partial charge in [-0.3, -0.25) is 0 Å². The van der Waals surface area contributed by atoms with Crippen molar-refractivity contribution in [1.29, 1.82) is 0 Å². The molecule has 0 atom stereocenters. The predicted molar refractivity (Wildman–Crippen MR) is 252 cm³/mol. The molecule has 0 aliphatic carbocycles. The molecule has 12 rings (SSSR count). The van der Waals surface area contributed by atoms with Crippen LogP contribution in [0.1, 0.15) is 0 Å². The molecule has 60 heavy (non-hydrogen) atoms. The lowest BCUT2D eigenvalue weighted by Crippen LogP contribution is -1.99. The Hall–Kier alpha value is -8.01. The monoisotopic (exact) mass is 763 g/mol. The lowest BCUT2D eigenvalue weighted by Gasteiger charge is -2.17. The van der Waals surface area contributed by atoms with Crippen LogP contribution in [-0.2, 0) is 0 Å². The first-order valence-corrected chi connectivity index (χ1v) is 20.6. The Kier molecular flexibility index (Phi) is 7.85. The van der Waals surface area contributed by atoms with E-state index < -0.39 is 0 Å². The molecule has 0 amide bonds. The Morgan fingerprint density at radius 3 is 1.60 bits per heavy atom. The second-order valence-corrected chi connectivity index (χ2v) is 15.5. The van der Waals surface area contributed by atoms with E-state index in [1.807, 2.05) is 0 Å². The molecule has 3 heteroatoms. The number of hydrogen-bond donors (Lipinski definition) is 0. The fraction of sp³-hybridized carbons (Fsp3) is 0. The lowest BCUT2D eigenvalue weighted by molar-refractivity contribution is 1.17. The molecule has 3 heterocycles. The van der Waals surface area contributed by atoms with Crippen LogP contribution in [0.2, 0.25) is 0 Å². The van der Waals surface area contributed by atoms with Gasteiger partial charge in [0.25, 0.3) is 0 Å². The Labute approximate surface area is 347 Å². The second kappa shape index (κ2) is 13.8. The highest BCUT2D eigenvalue weighted by Crippen LogP contribution is 2.45. The van der Waals surface area contributed by atoms with Gasteiger partial charge in [-0.25, -0.2) is 4.98 Å². The fourth-order valence-electron chi connectivity index (χ4n) is 9.49. The molecule has 3 aromatic heterocycles. The van der Waals surface area contributed by atoms with Gasteiger partial charge in [-0.15, -0.1) is 0 Å². The van der Waals surface area contributed by atoms with Crippen LogP contribution in [-0.4, -0.2) is 14.1 Å². The third kappa shape index (κ3) is 5.33. The molecule has 0 N–H and O–H groups in total. The molecular weight excluding hydrogens is 727 g/mol. The summed E-state index contributed by atoms with van der Waals surface area (Å²) in [5, 5.41) is 7.28. The maximum Gasteiger partial charge on any atom is 0.0721 e. The van der Waals surface area contributed by atoms with Gasteiger partial charge < -0.3 is 9.13 Å². The van der Waals surface area contributed by atoms with Gasteiger partial charge in [0.05, 0.1) is 44.8 Å². The predicted octanol–water partition coefficient (Wildman–Crippen LogP) is 15.1. The van der Waals surface area contributed by atoms with Crippen molar-refractivity contribution >= 4 is 54.4 Å². The van der Waals surface area contributed by atoms with Crippen LogP contribution in [0.4, 0.5) is 0 Å². The zero-order valence-corrected chi connectivity index (χ0v) is 32.7. The highest BCUT2D eigenvalue weighted by Gasteiger charge is 2.23. The molecule has 3 nitrogen and oxygen atoms in total. The van der Waals surface area contributed by atoms with Crippen LogP contribution in [0.25, 0.3) is 111 Å². The van der Waals surface area contributed by atoms with Gasteiger partial charge in [0, 0.05) is 43.8 Å². The van der Waals surface area contributed by atoms with Crippen molar-refractivity contribution in [3.8, 4) is 56.1 Å². The molecule has 9 aromatic carbocycles. The summed E-state index contributed by atoms with van der Waals surface area (Å²) in [6, 6.07) is 81.0. The van der Waals surface area contributed by atoms with E-state index in [0.29, 0.717) is 0 Å². The number of fused-ring (bicyclic) bond motifs is 8. The Morgan fingerprint density at radius 1 is 0.300 bits per heavy atom. The first-order valence-electron chi connectivity index (χ1n) is 20.6. The van der Waals surface area contributed by atoms with Gasteiger partial charge in [0.15, 0.2) is 0 Å². The van der Waals surface area contributed by atoms with Crippen LogP contribution in [0.5, 0.6) is 0 Å². The maximum atomic E-state index is 5.37. The molecule has 0 radical (unpaired) electrons. The van der Waals surface area contributed by atoms with E-state index in [4.69, 9.17) is 4.98 Å². The van der Waals surface area contributed by atoms with E-state index >= 15 is 0 Å². The van der Waals surface area contributed by atoms with Crippen LogP contribution < -0.4 is 0 Å². The molecule has 0 unspecified atom stereocenters. The Balaban J connectivity index is 1.17. The zero-order valence-electron chi connectivity index (χ0n) is 32.7. The van der Waals surface area contributed by atoms with Crippen LogP contribution in [0.15, 0.2) is 224 Å². The maximum absolute atomic E-state index is 5.37. The molecular formula is C57H37N3. The number of nitrogens with zero attached hydrogens (tertiary/aromatic N) is 3. The topological polar surface area (TPSA) is 22.8 Å². The minimum atomic E-state index is 0.940. The first kappa shape index (κ1) is 34.1. The summed E-state index contributed by atoms with van der Waals surface area (Å²) >= 11 is 0. The van der Waals surface area contributed by atoms with E-state index in [1.165, 1.54) is 65.5 Å². The third-order valence-corrected chi connectivity index (χ3v) is 12.1. The van der Waals surface area contributed by atoms with Crippen molar-refractivity contribution in [2.24, 2.45) is 0 Å². The molecule has 0 bridgehead atoms. The van der Waals surface area contributed by atoms with Crippen molar-refractivity contribution in [3.63, 3.8) is 0 Å². The van der Waals surface area contributed by atoms with Crippen molar-refractivity contribution in [3.05, 3.63) is 224 Å². The van der Waals surface area contributed by atoms with Gasteiger partial charge in [-0.2, -0.15) is 0 Å². The molecule has 280 valence electrons. The van der Waals surface area contributed by atoms with E-state index in [9.17, 15) is 0 Å². The minimum Gasteiger partial charge on any atom is -0.309 e. The number of para-hydroxylation sites is 4. The summed E-state index contributed by atoms with van der Waals surface area (Å²) in [6.07, 6.45) is 0. The minimum absolute atomic E-state index is 0.940. The average molecular weight is 764 g/mol. The highest BCUT2D eigenvalue weighted by molar-refractivity contribution is 6.26. The Bertz CT molecular complexity index is 3590. The molecule has 0 aliphatic heterocycles. The van der Waals surface area contributed by atoms with E-state index in [1.54, 1.807) is 0 Å². The first-order chi connectivity index (χ1) is 29.8. The van der Waals surface area contributed by atoms with Crippen molar-refractivity contribution < 1.29 is 0 Å². The molecule has 0 saturated carbocycles. The van der Waals surface area contributed by atoms with Gasteiger partial charge in [-0.05, 0) is 64.4 Å². The molecule has 0 fully saturated rings. The lowest BCUT2D eigenvalue weighted by atomic mass is 9.96. The summed E-state index contributed by atoms with van der Waals surface area (Å²) in [6.45, 7) is 0. The van der Waals surface area contributed by atoms with Gasteiger partial charge in [0.2, 0.25) is 0 Å². The fourth-order valence-corrected chi connectivity index (χ4v) is 9.49. The SMILES string of the molecule is c1ccc(-c2cc(-c3ccccc3-n3c4ccccc4c4ccc5c(c6ccccc6n5-c5ccccc5-c5ccccc5)c43)cc(-c3cccc4ccccc34)n2)cc1. The van der Waals surface area contributed by atoms with Gasteiger partial charge in [0.1, 0.15) is 0 Å². The molecule has 0 aliphatic rings. The summed E-state index contributed by atoms with van der Waals surface area (Å²) in [4.78, 5) is 5.37. The molecule has 0 saturated heterocycles.